The van der Waals surface area contributed by atoms with Gasteiger partial charge in [0.1, 0.15) is 17.6 Å². The van der Waals surface area contributed by atoms with Crippen LogP contribution in [0, 0.1) is 0 Å². The quantitative estimate of drug-likeness (QED) is 0.645. The van der Waals surface area contributed by atoms with Gasteiger partial charge in [0.2, 0.25) is 5.91 Å². The summed E-state index contributed by atoms with van der Waals surface area (Å²) < 4.78 is 7.95. The van der Waals surface area contributed by atoms with E-state index in [0.29, 0.717) is 12.2 Å². The Kier molecular flexibility index (Phi) is 3.21. The fraction of sp³-hybridized carbons (Fsp3) is 0.714. The zero-order chi connectivity index (χ0) is 16.1. The molecule has 4 N–H and O–H groups in total. The largest absolute Gasteiger partial charge is 0.341 e. The number of nitrogens with one attached hydrogen (secondary N) is 2. The molecular weight excluding hydrogens is 270 g/mol. The van der Waals surface area contributed by atoms with E-state index >= 15 is 0 Å². The van der Waals surface area contributed by atoms with Crippen LogP contribution in [0.4, 0.5) is 0 Å². The molecule has 2 aliphatic heterocycles. The average Bonchev–Trinajstić information content (AvgIpc) is 2.94. The molecule has 0 spiro atoms. The van der Waals surface area contributed by atoms with Gasteiger partial charge < -0.3 is 20.4 Å². The molecule has 1 aliphatic carbocycles. The van der Waals surface area contributed by atoms with Gasteiger partial charge in [-0.1, -0.05) is 19.8 Å². The number of hydrogen-bond acceptors (Lipinski definition) is 5. The van der Waals surface area contributed by atoms with Crippen molar-refractivity contribution in [2.24, 2.45) is 5.73 Å². The SMILES string of the molecule is [2H][C@]1(N)NC(=O)C2=C(N1)N(C1CCCC1)C(CC)C(=O)N2C. The predicted molar refractivity (Wildman–Crippen MR) is 77.2 cm³/mol. The van der Waals surface area contributed by atoms with Crippen molar-refractivity contribution in [2.45, 2.75) is 57.4 Å². The van der Waals surface area contributed by atoms with E-state index in [4.69, 9.17) is 7.10 Å². The van der Waals surface area contributed by atoms with Crippen molar-refractivity contribution in [3.05, 3.63) is 11.5 Å². The summed E-state index contributed by atoms with van der Waals surface area (Å²) in [5.41, 5.74) is 6.02. The number of hydrogen-bond donors (Lipinski definition) is 3. The molecule has 0 aromatic heterocycles. The average molecular weight is 294 g/mol. The van der Waals surface area contributed by atoms with Gasteiger partial charge in [0.25, 0.3) is 5.91 Å². The molecule has 0 aromatic rings. The van der Waals surface area contributed by atoms with Crippen LogP contribution in [0.2, 0.25) is 0 Å². The van der Waals surface area contributed by atoms with Gasteiger partial charge in [-0.2, -0.15) is 0 Å². The second kappa shape index (κ2) is 5.22. The Morgan fingerprint density at radius 1 is 1.33 bits per heavy atom. The van der Waals surface area contributed by atoms with E-state index in [9.17, 15) is 9.59 Å². The highest BCUT2D eigenvalue weighted by Crippen LogP contribution is 2.34. The molecule has 7 nitrogen and oxygen atoms in total. The highest BCUT2D eigenvalue weighted by atomic mass is 16.2. The van der Waals surface area contributed by atoms with Gasteiger partial charge in [0, 0.05) is 13.1 Å². The van der Waals surface area contributed by atoms with E-state index in [0.717, 1.165) is 25.7 Å². The molecule has 0 bridgehead atoms. The second-order valence-corrected chi connectivity index (χ2v) is 5.86. The van der Waals surface area contributed by atoms with E-state index in [-0.39, 0.29) is 23.7 Å². The molecule has 0 radical (unpaired) electrons. The summed E-state index contributed by atoms with van der Waals surface area (Å²) in [6.07, 6.45) is 3.10. The molecule has 0 aromatic carbocycles. The standard InChI is InChI=1S/C14H23N5O2/c1-3-9-13(21)18(2)10-11(16-14(15)17-12(10)20)19(9)8-6-4-5-7-8/h8-9,14,16H,3-7,15H2,1-2H3,(H,17,20)/t9?,14-/m1/s1/i14D. The first-order chi connectivity index (χ1) is 10.4. The minimum absolute atomic E-state index is 0.0837. The van der Waals surface area contributed by atoms with Gasteiger partial charge >= 0.3 is 0 Å². The topological polar surface area (TPSA) is 90.7 Å². The first-order valence-corrected chi connectivity index (χ1v) is 7.55. The summed E-state index contributed by atoms with van der Waals surface area (Å²) in [4.78, 5) is 28.4. The van der Waals surface area contributed by atoms with Gasteiger partial charge in [0.05, 0.1) is 1.37 Å². The zero-order valence-corrected chi connectivity index (χ0v) is 12.5. The Morgan fingerprint density at radius 2 is 2.00 bits per heavy atom. The predicted octanol–water partition coefficient (Wildman–Crippen LogP) is -0.388. The van der Waals surface area contributed by atoms with Crippen LogP contribution in [0.15, 0.2) is 11.5 Å². The molecule has 7 heteroatoms. The molecule has 0 saturated heterocycles. The number of amides is 2. The Bertz CT molecular complexity index is 541. The van der Waals surface area contributed by atoms with E-state index in [1.807, 2.05) is 11.8 Å². The van der Waals surface area contributed by atoms with Crippen molar-refractivity contribution >= 4 is 11.8 Å². The van der Waals surface area contributed by atoms with E-state index in [2.05, 4.69) is 10.6 Å². The van der Waals surface area contributed by atoms with Crippen molar-refractivity contribution < 1.29 is 11.0 Å². The van der Waals surface area contributed by atoms with Crippen LogP contribution in [0.1, 0.15) is 40.4 Å². The number of carbonyl (C=O) groups excluding carboxylic acids is 2. The minimum atomic E-state index is -1.76. The molecule has 3 aliphatic rings. The molecule has 2 amide bonds. The molecule has 1 fully saturated rings. The third-order valence-electron chi connectivity index (χ3n) is 4.59. The third kappa shape index (κ3) is 2.16. The summed E-state index contributed by atoms with van der Waals surface area (Å²) in [7, 11) is 1.60. The van der Waals surface area contributed by atoms with Crippen LogP contribution >= 0.6 is 0 Å². The Morgan fingerprint density at radius 3 is 2.62 bits per heavy atom. The lowest BCUT2D eigenvalue weighted by Crippen LogP contribution is -2.66. The number of rotatable bonds is 2. The van der Waals surface area contributed by atoms with Crippen LogP contribution in [-0.2, 0) is 9.59 Å². The number of nitrogens with two attached hydrogens (primary N) is 1. The van der Waals surface area contributed by atoms with E-state index in [1.165, 1.54) is 4.90 Å². The number of likely N-dealkylation sites (N-methyl/N-ethyl adjacent to an activating group) is 1. The minimum Gasteiger partial charge on any atom is -0.341 e. The van der Waals surface area contributed by atoms with Crippen molar-refractivity contribution in [2.75, 3.05) is 7.05 Å². The maximum Gasteiger partial charge on any atom is 0.274 e. The maximum absolute atomic E-state index is 12.6. The summed E-state index contributed by atoms with van der Waals surface area (Å²) in [6.45, 7) is 1.96. The third-order valence-corrected chi connectivity index (χ3v) is 4.59. The second-order valence-electron chi connectivity index (χ2n) is 5.86. The van der Waals surface area contributed by atoms with Gasteiger partial charge in [-0.3, -0.25) is 15.3 Å². The van der Waals surface area contributed by atoms with E-state index < -0.39 is 12.2 Å². The molecule has 1 unspecified atom stereocenters. The normalized spacial score (nSPS) is 34.6. The first-order valence-electron chi connectivity index (χ1n) is 8.05. The summed E-state index contributed by atoms with van der Waals surface area (Å²) in [5.74, 6) is -0.0543. The van der Waals surface area contributed by atoms with Gasteiger partial charge in [0.15, 0.2) is 6.27 Å². The van der Waals surface area contributed by atoms with Gasteiger partial charge in [-0.05, 0) is 19.3 Å². The van der Waals surface area contributed by atoms with Crippen LogP contribution in [0.25, 0.3) is 0 Å². The lowest BCUT2D eigenvalue weighted by Gasteiger charge is -2.48. The van der Waals surface area contributed by atoms with Crippen molar-refractivity contribution in [1.82, 2.24) is 20.4 Å². The Hall–Kier alpha value is -1.76. The Labute approximate surface area is 125 Å². The molecule has 2 atom stereocenters. The van der Waals surface area contributed by atoms with Crippen LogP contribution in [0.5, 0.6) is 0 Å². The van der Waals surface area contributed by atoms with Crippen LogP contribution in [0.3, 0.4) is 0 Å². The van der Waals surface area contributed by atoms with Crippen molar-refractivity contribution in [3.8, 4) is 0 Å². The lowest BCUT2D eigenvalue weighted by molar-refractivity contribution is -0.140. The lowest BCUT2D eigenvalue weighted by atomic mass is 10.0. The van der Waals surface area contributed by atoms with Gasteiger partial charge in [-0.25, -0.2) is 0 Å². The molecular formula is C14H23N5O2. The summed E-state index contributed by atoms with van der Waals surface area (Å²) in [5, 5.41) is 5.26. The number of nitrogens with zero attached hydrogens (tertiary/aromatic N) is 2. The maximum atomic E-state index is 12.6. The molecule has 116 valence electrons. The van der Waals surface area contributed by atoms with Crippen molar-refractivity contribution in [3.63, 3.8) is 0 Å². The molecule has 1 saturated carbocycles. The monoisotopic (exact) mass is 294 g/mol. The molecule has 2 heterocycles. The van der Waals surface area contributed by atoms with Crippen LogP contribution < -0.4 is 16.4 Å². The first kappa shape index (κ1) is 12.9. The highest BCUT2D eigenvalue weighted by molar-refractivity contribution is 6.01. The number of carbonyl (C=O) groups is 2. The van der Waals surface area contributed by atoms with Crippen molar-refractivity contribution in [1.29, 1.82) is 0 Å². The summed E-state index contributed by atoms with van der Waals surface area (Å²) in [6, 6.07) is -0.108. The Balaban J connectivity index is 2.10. The summed E-state index contributed by atoms with van der Waals surface area (Å²) >= 11 is 0. The van der Waals surface area contributed by atoms with Gasteiger partial charge in [-0.15, -0.1) is 0 Å². The van der Waals surface area contributed by atoms with E-state index in [1.54, 1.807) is 7.05 Å². The van der Waals surface area contributed by atoms with Crippen LogP contribution in [-0.4, -0.2) is 47.0 Å². The smallest absolute Gasteiger partial charge is 0.274 e. The molecule has 3 rings (SSSR count). The molecule has 21 heavy (non-hydrogen) atoms. The fourth-order valence-corrected chi connectivity index (χ4v) is 3.60. The zero-order valence-electron chi connectivity index (χ0n) is 13.5. The highest BCUT2D eigenvalue weighted by Gasteiger charge is 2.45. The fourth-order valence-electron chi connectivity index (χ4n) is 3.60.